The summed E-state index contributed by atoms with van der Waals surface area (Å²) in [7, 11) is 0. The fraction of sp³-hybridized carbons (Fsp3) is 0.462. The summed E-state index contributed by atoms with van der Waals surface area (Å²) in [6.07, 6.45) is 2.52. The Morgan fingerprint density at radius 2 is 1.82 bits per heavy atom. The maximum absolute atomic E-state index is 12.3. The van der Waals surface area contributed by atoms with Crippen LogP contribution in [0.2, 0.25) is 0 Å². The second-order valence-corrected chi connectivity index (χ2v) is 8.35. The van der Waals surface area contributed by atoms with Gasteiger partial charge >= 0.3 is 0 Å². The van der Waals surface area contributed by atoms with Crippen molar-refractivity contribution in [3.05, 3.63) is 59.7 Å². The Bertz CT molecular complexity index is 897. The maximum atomic E-state index is 12.3. The number of unbranched alkanes of at least 4 members (excludes halogenated alkanes) is 1. The van der Waals surface area contributed by atoms with Crippen LogP contribution in [-0.4, -0.2) is 56.2 Å². The molecule has 178 valence electrons. The number of nitrogens with one attached hydrogen (secondary N) is 2. The Morgan fingerprint density at radius 3 is 2.64 bits per heavy atom. The number of hydrogen-bond donors (Lipinski definition) is 2. The molecule has 33 heavy (non-hydrogen) atoms. The van der Waals surface area contributed by atoms with E-state index in [1.54, 1.807) is 0 Å². The molecule has 0 atom stereocenters. The van der Waals surface area contributed by atoms with Crippen LogP contribution in [0, 0.1) is 6.92 Å². The van der Waals surface area contributed by atoms with Gasteiger partial charge in [-0.25, -0.2) is 0 Å². The van der Waals surface area contributed by atoms with Crippen molar-refractivity contribution in [1.29, 1.82) is 0 Å². The van der Waals surface area contributed by atoms with Crippen LogP contribution in [0.4, 0.5) is 5.69 Å². The molecule has 0 aliphatic carbocycles. The van der Waals surface area contributed by atoms with Crippen molar-refractivity contribution < 1.29 is 19.1 Å². The second-order valence-electron chi connectivity index (χ2n) is 8.35. The highest BCUT2D eigenvalue weighted by Crippen LogP contribution is 2.13. The van der Waals surface area contributed by atoms with Crippen LogP contribution in [0.1, 0.15) is 36.8 Å². The van der Waals surface area contributed by atoms with E-state index < -0.39 is 0 Å². The molecule has 0 aromatic heterocycles. The fourth-order valence-electron chi connectivity index (χ4n) is 3.64. The Balaban J connectivity index is 1.29. The van der Waals surface area contributed by atoms with Crippen LogP contribution in [0.3, 0.4) is 0 Å². The van der Waals surface area contributed by atoms with Gasteiger partial charge in [0.15, 0.2) is 0 Å². The van der Waals surface area contributed by atoms with E-state index in [4.69, 9.17) is 9.47 Å². The Morgan fingerprint density at radius 1 is 1.00 bits per heavy atom. The molecule has 0 spiro atoms. The molecule has 0 radical (unpaired) electrons. The molecule has 7 nitrogen and oxygen atoms in total. The molecule has 2 aromatic rings. The minimum atomic E-state index is -0.00411. The first-order valence-electron chi connectivity index (χ1n) is 11.7. The summed E-state index contributed by atoms with van der Waals surface area (Å²) in [6, 6.07) is 15.6. The average Bonchev–Trinajstić information content (AvgIpc) is 2.82. The molecule has 0 saturated carbocycles. The Hall–Kier alpha value is -2.90. The van der Waals surface area contributed by atoms with E-state index in [2.05, 4.69) is 15.5 Å². The lowest BCUT2D eigenvalue weighted by Crippen LogP contribution is -2.38. The zero-order chi connectivity index (χ0) is 23.3. The summed E-state index contributed by atoms with van der Waals surface area (Å²) in [5.74, 6) is 0.883. The monoisotopic (exact) mass is 453 g/mol. The van der Waals surface area contributed by atoms with E-state index in [1.165, 1.54) is 5.56 Å². The van der Waals surface area contributed by atoms with Gasteiger partial charge in [-0.05, 0) is 55.2 Å². The maximum Gasteiger partial charge on any atom is 0.225 e. The highest BCUT2D eigenvalue weighted by atomic mass is 16.5. The summed E-state index contributed by atoms with van der Waals surface area (Å²) in [4.78, 5) is 26.7. The number of benzene rings is 2. The summed E-state index contributed by atoms with van der Waals surface area (Å²) < 4.78 is 11.1. The predicted octanol–water partition coefficient (Wildman–Crippen LogP) is 3.52. The van der Waals surface area contributed by atoms with Gasteiger partial charge in [0.05, 0.1) is 19.8 Å². The van der Waals surface area contributed by atoms with Gasteiger partial charge in [0, 0.05) is 44.7 Å². The van der Waals surface area contributed by atoms with E-state index in [-0.39, 0.29) is 11.8 Å². The number of rotatable bonds is 12. The number of ether oxygens (including phenoxy) is 2. The van der Waals surface area contributed by atoms with Crippen molar-refractivity contribution in [1.82, 2.24) is 10.2 Å². The van der Waals surface area contributed by atoms with Crippen LogP contribution >= 0.6 is 0 Å². The van der Waals surface area contributed by atoms with Crippen molar-refractivity contribution in [2.45, 2.75) is 39.2 Å². The topological polar surface area (TPSA) is 79.9 Å². The number of carbonyl (C=O) groups is 2. The van der Waals surface area contributed by atoms with Crippen molar-refractivity contribution >= 4 is 17.5 Å². The van der Waals surface area contributed by atoms with Gasteiger partial charge in [0.2, 0.25) is 11.8 Å². The van der Waals surface area contributed by atoms with E-state index in [0.717, 1.165) is 62.7 Å². The van der Waals surface area contributed by atoms with E-state index in [9.17, 15) is 9.59 Å². The quantitative estimate of drug-likeness (QED) is 0.481. The molecule has 2 amide bonds. The van der Waals surface area contributed by atoms with Crippen LogP contribution in [0.15, 0.2) is 48.5 Å². The molecule has 1 saturated heterocycles. The van der Waals surface area contributed by atoms with Crippen molar-refractivity contribution in [3.8, 4) is 5.75 Å². The predicted molar refractivity (Wildman–Crippen MR) is 129 cm³/mol. The van der Waals surface area contributed by atoms with Crippen molar-refractivity contribution in [3.63, 3.8) is 0 Å². The number of nitrogens with zero attached hydrogens (tertiary/aromatic N) is 1. The SMILES string of the molecule is Cc1cccc(OCCCCC(=O)NCc2cccc(NC(=O)CCN3CCOCC3)c2)c1. The molecule has 1 aliphatic rings. The highest BCUT2D eigenvalue weighted by Gasteiger charge is 2.12. The first-order valence-corrected chi connectivity index (χ1v) is 11.7. The number of anilines is 1. The molecule has 1 heterocycles. The number of morpholine rings is 1. The van der Waals surface area contributed by atoms with Crippen LogP contribution in [-0.2, 0) is 20.9 Å². The molecule has 3 rings (SSSR count). The summed E-state index contributed by atoms with van der Waals surface area (Å²) in [5.41, 5.74) is 2.88. The molecular weight excluding hydrogens is 418 g/mol. The van der Waals surface area contributed by atoms with Gasteiger partial charge in [-0.1, -0.05) is 24.3 Å². The van der Waals surface area contributed by atoms with E-state index >= 15 is 0 Å². The molecule has 0 unspecified atom stereocenters. The van der Waals surface area contributed by atoms with Gasteiger partial charge in [-0.3, -0.25) is 14.5 Å². The number of aryl methyl sites for hydroxylation is 1. The molecule has 0 bridgehead atoms. The molecule has 1 aliphatic heterocycles. The van der Waals surface area contributed by atoms with Crippen molar-refractivity contribution in [2.75, 3.05) is 44.8 Å². The first-order chi connectivity index (χ1) is 16.1. The van der Waals surface area contributed by atoms with Crippen LogP contribution in [0.25, 0.3) is 0 Å². The lowest BCUT2D eigenvalue weighted by atomic mass is 10.2. The van der Waals surface area contributed by atoms with Crippen molar-refractivity contribution in [2.24, 2.45) is 0 Å². The zero-order valence-corrected chi connectivity index (χ0v) is 19.5. The third-order valence-electron chi connectivity index (χ3n) is 5.52. The van der Waals surface area contributed by atoms with Gasteiger partial charge < -0.3 is 20.1 Å². The third kappa shape index (κ3) is 9.63. The number of hydrogen-bond acceptors (Lipinski definition) is 5. The van der Waals surface area contributed by atoms with Gasteiger partial charge in [-0.2, -0.15) is 0 Å². The molecule has 7 heteroatoms. The third-order valence-corrected chi connectivity index (χ3v) is 5.52. The standard InChI is InChI=1S/C26H35N3O4/c1-21-6-4-9-24(18-21)33-15-3-2-10-25(30)27-20-22-7-5-8-23(19-22)28-26(31)11-12-29-13-16-32-17-14-29/h4-9,18-19H,2-3,10-17,20H2,1H3,(H,27,30)(H,28,31). The van der Waals surface area contributed by atoms with Crippen LogP contribution < -0.4 is 15.4 Å². The fourth-order valence-corrected chi connectivity index (χ4v) is 3.64. The van der Waals surface area contributed by atoms with Gasteiger partial charge in [0.25, 0.3) is 0 Å². The smallest absolute Gasteiger partial charge is 0.225 e. The Labute approximate surface area is 196 Å². The Kier molecular flexibility index (Phi) is 10.2. The zero-order valence-electron chi connectivity index (χ0n) is 19.5. The summed E-state index contributed by atoms with van der Waals surface area (Å²) >= 11 is 0. The average molecular weight is 454 g/mol. The molecular formula is C26H35N3O4. The molecule has 2 N–H and O–H groups in total. The molecule has 2 aromatic carbocycles. The highest BCUT2D eigenvalue weighted by molar-refractivity contribution is 5.90. The number of carbonyl (C=O) groups excluding carboxylic acids is 2. The number of amides is 2. The molecule has 1 fully saturated rings. The summed E-state index contributed by atoms with van der Waals surface area (Å²) in [5, 5.41) is 5.90. The van der Waals surface area contributed by atoms with Gasteiger partial charge in [-0.15, -0.1) is 0 Å². The van der Waals surface area contributed by atoms with Crippen LogP contribution in [0.5, 0.6) is 5.75 Å². The minimum absolute atomic E-state index is 0.00411. The summed E-state index contributed by atoms with van der Waals surface area (Å²) in [6.45, 7) is 7.03. The second kappa shape index (κ2) is 13.6. The first kappa shape index (κ1) is 24.7. The lowest BCUT2D eigenvalue weighted by Gasteiger charge is -2.26. The minimum Gasteiger partial charge on any atom is -0.494 e. The lowest BCUT2D eigenvalue weighted by molar-refractivity contribution is -0.121. The van der Waals surface area contributed by atoms with E-state index in [0.29, 0.717) is 26.0 Å². The normalized spacial score (nSPS) is 14.0. The van der Waals surface area contributed by atoms with E-state index in [1.807, 2.05) is 55.5 Å². The largest absolute Gasteiger partial charge is 0.494 e. The van der Waals surface area contributed by atoms with Gasteiger partial charge in [0.1, 0.15) is 5.75 Å².